The van der Waals surface area contributed by atoms with E-state index in [4.69, 9.17) is 4.74 Å². The first kappa shape index (κ1) is 24.1. The molecule has 3 aromatic rings. The third-order valence-electron chi connectivity index (χ3n) is 5.74. The van der Waals surface area contributed by atoms with Gasteiger partial charge in [-0.1, -0.05) is 30.3 Å². The molecule has 4 rings (SSSR count). The molecule has 1 atom stereocenters. The second kappa shape index (κ2) is 10.1. The summed E-state index contributed by atoms with van der Waals surface area (Å²) in [5.74, 6) is -0.883. The van der Waals surface area contributed by atoms with Crippen LogP contribution in [0.1, 0.15) is 18.4 Å². The minimum Gasteiger partial charge on any atom is -0.506 e. The number of phenolic OH excluding ortho intramolecular Hbond substituents is 1. The number of hydrogen-bond acceptors (Lipinski definition) is 6. The van der Waals surface area contributed by atoms with Crippen LogP contribution in [0.2, 0.25) is 0 Å². The molecule has 182 valence electrons. The molecule has 0 saturated heterocycles. The molecule has 0 fully saturated rings. The third-order valence-corrected chi connectivity index (χ3v) is 7.10. The quantitative estimate of drug-likeness (QED) is 0.352. The average Bonchev–Trinajstić information content (AvgIpc) is 2.84. The van der Waals surface area contributed by atoms with E-state index in [1.54, 1.807) is 24.3 Å². The molecule has 4 N–H and O–H groups in total. The number of ether oxygens (including phenoxy) is 1. The number of carbonyl (C=O) groups is 2. The van der Waals surface area contributed by atoms with Gasteiger partial charge in [0.05, 0.1) is 23.4 Å². The van der Waals surface area contributed by atoms with Gasteiger partial charge < -0.3 is 20.5 Å². The Hall–Kier alpha value is -4.05. The number of anilines is 3. The molecule has 9 nitrogen and oxygen atoms in total. The van der Waals surface area contributed by atoms with E-state index in [9.17, 15) is 23.1 Å². The Kier molecular flexibility index (Phi) is 6.92. The van der Waals surface area contributed by atoms with Crippen LogP contribution in [0.5, 0.6) is 11.5 Å². The molecule has 3 aromatic carbocycles. The van der Waals surface area contributed by atoms with Crippen molar-refractivity contribution in [2.24, 2.45) is 5.92 Å². The highest BCUT2D eigenvalue weighted by molar-refractivity contribution is 7.92. The molecule has 0 aromatic heterocycles. The van der Waals surface area contributed by atoms with Crippen molar-refractivity contribution < 1.29 is 27.9 Å². The molecule has 0 spiro atoms. The number of amides is 2. The average molecular weight is 496 g/mol. The topological polar surface area (TPSA) is 134 Å². The Morgan fingerprint density at radius 3 is 2.63 bits per heavy atom. The SMILES string of the molecule is COc1ccccc1NS(=O)(=O)c1ccc(O)c(NC(=O)CC[C@H]2Cc3ccccc3NC2=O)c1. The Balaban J connectivity index is 1.42. The lowest BCUT2D eigenvalue weighted by molar-refractivity contribution is -0.121. The summed E-state index contributed by atoms with van der Waals surface area (Å²) >= 11 is 0. The van der Waals surface area contributed by atoms with Crippen molar-refractivity contribution in [1.82, 2.24) is 0 Å². The molecule has 0 bridgehead atoms. The highest BCUT2D eigenvalue weighted by atomic mass is 32.2. The summed E-state index contributed by atoms with van der Waals surface area (Å²) in [6.45, 7) is 0. The van der Waals surface area contributed by atoms with Crippen LogP contribution in [-0.2, 0) is 26.0 Å². The first-order valence-corrected chi connectivity index (χ1v) is 12.4. The van der Waals surface area contributed by atoms with E-state index in [2.05, 4.69) is 15.4 Å². The smallest absolute Gasteiger partial charge is 0.262 e. The minimum atomic E-state index is -4.03. The van der Waals surface area contributed by atoms with Crippen molar-refractivity contribution >= 4 is 38.9 Å². The van der Waals surface area contributed by atoms with Gasteiger partial charge in [-0.3, -0.25) is 14.3 Å². The third kappa shape index (κ3) is 5.55. The van der Waals surface area contributed by atoms with Crippen molar-refractivity contribution in [3.8, 4) is 11.5 Å². The molecular formula is C25H25N3O6S. The molecule has 1 aliphatic rings. The van der Waals surface area contributed by atoms with E-state index in [1.807, 2.05) is 24.3 Å². The minimum absolute atomic E-state index is 0.0239. The van der Waals surface area contributed by atoms with Gasteiger partial charge in [-0.15, -0.1) is 0 Å². The van der Waals surface area contributed by atoms with Gasteiger partial charge in [0.1, 0.15) is 11.5 Å². The lowest BCUT2D eigenvalue weighted by atomic mass is 9.89. The van der Waals surface area contributed by atoms with Crippen molar-refractivity contribution in [2.45, 2.75) is 24.2 Å². The predicted molar refractivity (Wildman–Crippen MR) is 132 cm³/mol. The van der Waals surface area contributed by atoms with Crippen LogP contribution in [0.3, 0.4) is 0 Å². The van der Waals surface area contributed by atoms with Crippen LogP contribution < -0.4 is 20.1 Å². The van der Waals surface area contributed by atoms with Crippen molar-refractivity contribution in [3.05, 3.63) is 72.3 Å². The van der Waals surface area contributed by atoms with Crippen molar-refractivity contribution in [2.75, 3.05) is 22.5 Å². The number of methoxy groups -OCH3 is 1. The normalized spacial score (nSPS) is 15.0. The summed E-state index contributed by atoms with van der Waals surface area (Å²) in [4.78, 5) is 24.8. The highest BCUT2D eigenvalue weighted by Gasteiger charge is 2.26. The van der Waals surface area contributed by atoms with Gasteiger partial charge in [0.2, 0.25) is 11.8 Å². The zero-order chi connectivity index (χ0) is 25.0. The summed E-state index contributed by atoms with van der Waals surface area (Å²) in [5, 5.41) is 15.6. The second-order valence-corrected chi connectivity index (χ2v) is 9.80. The predicted octanol–water partition coefficient (Wildman–Crippen LogP) is 3.73. The Morgan fingerprint density at radius 1 is 1.09 bits per heavy atom. The summed E-state index contributed by atoms with van der Waals surface area (Å²) < 4.78 is 33.4. The van der Waals surface area contributed by atoms with Crippen molar-refractivity contribution in [1.29, 1.82) is 0 Å². The van der Waals surface area contributed by atoms with Crippen LogP contribution in [0.15, 0.2) is 71.6 Å². The van der Waals surface area contributed by atoms with Gasteiger partial charge in [0.15, 0.2) is 0 Å². The van der Waals surface area contributed by atoms with Gasteiger partial charge in [-0.05, 0) is 54.8 Å². The van der Waals surface area contributed by atoms with Gasteiger partial charge in [0.25, 0.3) is 10.0 Å². The number of fused-ring (bicyclic) bond motifs is 1. The number of rotatable bonds is 8. The fraction of sp³-hybridized carbons (Fsp3) is 0.200. The van der Waals surface area contributed by atoms with Crippen LogP contribution >= 0.6 is 0 Å². The summed E-state index contributed by atoms with van der Waals surface area (Å²) in [5.41, 5.74) is 2.00. The lowest BCUT2D eigenvalue weighted by Crippen LogP contribution is -2.30. The van der Waals surface area contributed by atoms with Crippen LogP contribution in [0.25, 0.3) is 0 Å². The Bertz CT molecular complexity index is 1370. The first-order valence-electron chi connectivity index (χ1n) is 10.9. The first-order chi connectivity index (χ1) is 16.8. The number of aromatic hydroxyl groups is 1. The van der Waals surface area contributed by atoms with Crippen LogP contribution in [0, 0.1) is 5.92 Å². The molecule has 0 unspecified atom stereocenters. The number of carbonyl (C=O) groups excluding carboxylic acids is 2. The largest absolute Gasteiger partial charge is 0.506 e. The monoisotopic (exact) mass is 495 g/mol. The van der Waals surface area contributed by atoms with Crippen molar-refractivity contribution in [3.63, 3.8) is 0 Å². The molecule has 10 heteroatoms. The maximum absolute atomic E-state index is 12.9. The van der Waals surface area contributed by atoms with Gasteiger partial charge in [-0.2, -0.15) is 0 Å². The van der Waals surface area contributed by atoms with E-state index in [1.165, 1.54) is 25.3 Å². The Morgan fingerprint density at radius 2 is 1.83 bits per heavy atom. The maximum Gasteiger partial charge on any atom is 0.262 e. The molecule has 35 heavy (non-hydrogen) atoms. The molecule has 0 radical (unpaired) electrons. The molecule has 2 amide bonds. The number of hydrogen-bond donors (Lipinski definition) is 4. The summed E-state index contributed by atoms with van der Waals surface area (Å²) in [6.07, 6.45) is 0.860. The number of nitrogens with one attached hydrogen (secondary N) is 3. The van der Waals surface area contributed by atoms with E-state index < -0.39 is 15.9 Å². The maximum atomic E-state index is 12.9. The standard InChI is InChI=1S/C25H25N3O6S/c1-34-23-9-5-4-8-20(23)28-35(32,33)18-11-12-22(29)21(15-18)26-24(30)13-10-17-14-16-6-2-3-7-19(16)27-25(17)31/h2-9,11-12,15,17,28-29H,10,13-14H2,1H3,(H,26,30)(H,27,31)/t17-/m0/s1. The number of benzene rings is 3. The van der Waals surface area contributed by atoms with E-state index in [-0.39, 0.29) is 40.3 Å². The molecular weight excluding hydrogens is 470 g/mol. The summed E-state index contributed by atoms with van der Waals surface area (Å²) in [7, 11) is -2.60. The lowest BCUT2D eigenvalue weighted by Gasteiger charge is -2.24. The molecule has 1 aliphatic heterocycles. The van der Waals surface area contributed by atoms with Gasteiger partial charge in [-0.25, -0.2) is 8.42 Å². The molecule has 0 saturated carbocycles. The highest BCUT2D eigenvalue weighted by Crippen LogP contribution is 2.31. The fourth-order valence-electron chi connectivity index (χ4n) is 3.88. The van der Waals surface area contributed by atoms with Crippen LogP contribution in [0.4, 0.5) is 17.1 Å². The van der Waals surface area contributed by atoms with E-state index >= 15 is 0 Å². The molecule has 0 aliphatic carbocycles. The second-order valence-electron chi connectivity index (χ2n) is 8.12. The van der Waals surface area contributed by atoms with Gasteiger partial charge >= 0.3 is 0 Å². The van der Waals surface area contributed by atoms with Gasteiger partial charge in [0, 0.05) is 18.0 Å². The zero-order valence-corrected chi connectivity index (χ0v) is 19.8. The van der Waals surface area contributed by atoms with E-state index in [0.717, 1.165) is 11.3 Å². The van der Waals surface area contributed by atoms with Crippen LogP contribution in [-0.4, -0.2) is 32.4 Å². The molecule has 1 heterocycles. The summed E-state index contributed by atoms with van der Waals surface area (Å²) in [6, 6.07) is 17.7. The number of para-hydroxylation sites is 3. The number of phenols is 1. The zero-order valence-electron chi connectivity index (χ0n) is 18.9. The fourth-order valence-corrected chi connectivity index (χ4v) is 4.98. The van der Waals surface area contributed by atoms with E-state index in [0.29, 0.717) is 18.6 Å². The number of sulfonamides is 1. The Labute approximate surface area is 203 Å².